The van der Waals surface area contributed by atoms with Gasteiger partial charge in [0.1, 0.15) is 6.04 Å². The van der Waals surface area contributed by atoms with Gasteiger partial charge in [0.2, 0.25) is 5.91 Å². The maximum atomic E-state index is 11.6. The van der Waals surface area contributed by atoms with Crippen LogP contribution in [0, 0.1) is 0 Å². The Morgan fingerprint density at radius 3 is 2.30 bits per heavy atom. The zero-order chi connectivity index (χ0) is 15.4. The maximum Gasteiger partial charge on any atom is 0.329 e. The molecule has 8 heteroatoms. The van der Waals surface area contributed by atoms with Crippen molar-refractivity contribution in [1.82, 2.24) is 5.32 Å². The van der Waals surface area contributed by atoms with E-state index < -0.39 is 12.0 Å². The predicted molar refractivity (Wildman–Crippen MR) is 80.4 cm³/mol. The lowest BCUT2D eigenvalue weighted by Gasteiger charge is -2.15. The molecule has 0 aromatic carbocycles. The SMILES string of the molecule is CCOC(=O)CCSSC[C@H](NC(C)=O)C(=O)OCC. The van der Waals surface area contributed by atoms with Crippen LogP contribution < -0.4 is 5.32 Å². The summed E-state index contributed by atoms with van der Waals surface area (Å²) in [6.45, 7) is 5.48. The Morgan fingerprint density at radius 1 is 1.10 bits per heavy atom. The third-order valence-electron chi connectivity index (χ3n) is 1.96. The van der Waals surface area contributed by atoms with Gasteiger partial charge in [0.15, 0.2) is 0 Å². The van der Waals surface area contributed by atoms with Gasteiger partial charge in [-0.25, -0.2) is 4.79 Å². The molecule has 0 fully saturated rings. The van der Waals surface area contributed by atoms with Gasteiger partial charge in [0.05, 0.1) is 19.6 Å². The van der Waals surface area contributed by atoms with E-state index in [9.17, 15) is 14.4 Å². The number of hydrogen-bond donors (Lipinski definition) is 1. The highest BCUT2D eigenvalue weighted by Crippen LogP contribution is 2.23. The van der Waals surface area contributed by atoms with E-state index in [1.54, 1.807) is 13.8 Å². The summed E-state index contributed by atoms with van der Waals surface area (Å²) in [6, 6.07) is -0.660. The van der Waals surface area contributed by atoms with Crippen molar-refractivity contribution in [2.24, 2.45) is 0 Å². The molecule has 0 aliphatic heterocycles. The normalized spacial score (nSPS) is 11.6. The average molecular weight is 323 g/mol. The zero-order valence-corrected chi connectivity index (χ0v) is 13.6. The first kappa shape index (κ1) is 19.1. The lowest BCUT2D eigenvalue weighted by atomic mass is 10.3. The molecule has 1 amide bonds. The van der Waals surface area contributed by atoms with Crippen LogP contribution in [0.4, 0.5) is 0 Å². The molecule has 0 aliphatic rings. The Bertz CT molecular complexity index is 325. The van der Waals surface area contributed by atoms with Crippen LogP contribution >= 0.6 is 21.6 Å². The molecular weight excluding hydrogens is 302 g/mol. The van der Waals surface area contributed by atoms with E-state index in [0.717, 1.165) is 0 Å². The summed E-state index contributed by atoms with van der Waals surface area (Å²) in [5.41, 5.74) is 0. The highest BCUT2D eigenvalue weighted by atomic mass is 33.1. The first-order valence-electron chi connectivity index (χ1n) is 6.35. The van der Waals surface area contributed by atoms with Crippen molar-refractivity contribution in [3.05, 3.63) is 0 Å². The Morgan fingerprint density at radius 2 is 1.75 bits per heavy atom. The van der Waals surface area contributed by atoms with Crippen molar-refractivity contribution >= 4 is 39.4 Å². The molecule has 20 heavy (non-hydrogen) atoms. The lowest BCUT2D eigenvalue weighted by Crippen LogP contribution is -2.42. The van der Waals surface area contributed by atoms with Crippen LogP contribution in [0.3, 0.4) is 0 Å². The molecule has 0 saturated heterocycles. The van der Waals surface area contributed by atoms with Gasteiger partial charge in [-0.3, -0.25) is 9.59 Å². The quantitative estimate of drug-likeness (QED) is 0.369. The van der Waals surface area contributed by atoms with E-state index in [1.807, 2.05) is 0 Å². The topological polar surface area (TPSA) is 81.7 Å². The number of nitrogens with one attached hydrogen (secondary N) is 1. The minimum Gasteiger partial charge on any atom is -0.466 e. The molecule has 0 unspecified atom stereocenters. The Kier molecular flexibility index (Phi) is 11.4. The molecule has 0 radical (unpaired) electrons. The van der Waals surface area contributed by atoms with Gasteiger partial charge in [0, 0.05) is 18.4 Å². The molecular formula is C12H21NO5S2. The summed E-state index contributed by atoms with van der Waals surface area (Å²) in [6.07, 6.45) is 0.329. The third kappa shape index (κ3) is 9.96. The lowest BCUT2D eigenvalue weighted by molar-refractivity contribution is -0.146. The molecule has 0 heterocycles. The van der Waals surface area contributed by atoms with Crippen LogP contribution in [0.25, 0.3) is 0 Å². The fourth-order valence-electron chi connectivity index (χ4n) is 1.19. The van der Waals surface area contributed by atoms with E-state index >= 15 is 0 Å². The Balaban J connectivity index is 3.92. The molecule has 1 atom stereocenters. The van der Waals surface area contributed by atoms with E-state index in [2.05, 4.69) is 5.32 Å². The van der Waals surface area contributed by atoms with E-state index in [1.165, 1.54) is 28.5 Å². The van der Waals surface area contributed by atoms with E-state index in [4.69, 9.17) is 9.47 Å². The highest BCUT2D eigenvalue weighted by Gasteiger charge is 2.20. The third-order valence-corrected chi connectivity index (χ3v) is 4.38. The van der Waals surface area contributed by atoms with Gasteiger partial charge in [0.25, 0.3) is 0 Å². The van der Waals surface area contributed by atoms with Crippen LogP contribution in [0.15, 0.2) is 0 Å². The summed E-state index contributed by atoms with van der Waals surface area (Å²) >= 11 is 0. The second-order valence-electron chi connectivity index (χ2n) is 3.67. The monoisotopic (exact) mass is 323 g/mol. The van der Waals surface area contributed by atoms with Crippen molar-refractivity contribution in [2.75, 3.05) is 24.7 Å². The summed E-state index contributed by atoms with van der Waals surface area (Å²) in [4.78, 5) is 33.7. The molecule has 0 aliphatic carbocycles. The Hall–Kier alpha value is -0.890. The molecule has 116 valence electrons. The summed E-state index contributed by atoms with van der Waals surface area (Å²) in [5.74, 6) is 0.0381. The van der Waals surface area contributed by atoms with Crippen LogP contribution in [0.5, 0.6) is 0 Å². The highest BCUT2D eigenvalue weighted by molar-refractivity contribution is 8.76. The maximum absolute atomic E-state index is 11.6. The first-order chi connectivity index (χ1) is 9.51. The molecule has 0 aromatic heterocycles. The number of esters is 2. The summed E-state index contributed by atoms with van der Waals surface area (Å²) < 4.78 is 9.68. The minimum absolute atomic E-state index is 0.232. The molecule has 0 rings (SSSR count). The van der Waals surface area contributed by atoms with Gasteiger partial charge in [-0.15, -0.1) is 0 Å². The molecule has 0 spiro atoms. The molecule has 6 nitrogen and oxygen atoms in total. The number of carbonyl (C=O) groups excluding carboxylic acids is 3. The Labute approximate surface area is 127 Å². The zero-order valence-electron chi connectivity index (χ0n) is 12.0. The van der Waals surface area contributed by atoms with Crippen molar-refractivity contribution < 1.29 is 23.9 Å². The largest absolute Gasteiger partial charge is 0.466 e. The molecule has 0 aromatic rings. The summed E-state index contributed by atoms with van der Waals surface area (Å²) in [5, 5.41) is 2.55. The minimum atomic E-state index is -0.660. The second-order valence-corrected chi connectivity index (χ2v) is 6.29. The van der Waals surface area contributed by atoms with Crippen molar-refractivity contribution in [1.29, 1.82) is 0 Å². The molecule has 0 saturated carbocycles. The summed E-state index contributed by atoms with van der Waals surface area (Å²) in [7, 11) is 2.87. The smallest absolute Gasteiger partial charge is 0.329 e. The predicted octanol–water partition coefficient (Wildman–Crippen LogP) is 1.39. The van der Waals surface area contributed by atoms with Gasteiger partial charge >= 0.3 is 11.9 Å². The standard InChI is InChI=1S/C12H21NO5S2/c1-4-17-11(15)6-7-19-20-8-10(13-9(3)14)12(16)18-5-2/h10H,4-8H2,1-3H3,(H,13,14)/t10-/m0/s1. The van der Waals surface area contributed by atoms with E-state index in [-0.39, 0.29) is 18.5 Å². The van der Waals surface area contributed by atoms with Crippen LogP contribution in [-0.2, 0) is 23.9 Å². The van der Waals surface area contributed by atoms with Crippen molar-refractivity contribution in [2.45, 2.75) is 33.2 Å². The van der Waals surface area contributed by atoms with Crippen LogP contribution in [0.2, 0.25) is 0 Å². The number of ether oxygens (including phenoxy) is 2. The number of amides is 1. The van der Waals surface area contributed by atoms with E-state index in [0.29, 0.717) is 24.5 Å². The number of carbonyl (C=O) groups is 3. The van der Waals surface area contributed by atoms with Crippen molar-refractivity contribution in [3.63, 3.8) is 0 Å². The fraction of sp³-hybridized carbons (Fsp3) is 0.750. The van der Waals surface area contributed by atoms with Gasteiger partial charge in [-0.05, 0) is 13.8 Å². The van der Waals surface area contributed by atoms with Gasteiger partial charge < -0.3 is 14.8 Å². The van der Waals surface area contributed by atoms with Crippen LogP contribution in [-0.4, -0.2) is 48.6 Å². The van der Waals surface area contributed by atoms with Crippen molar-refractivity contribution in [3.8, 4) is 0 Å². The van der Waals surface area contributed by atoms with Gasteiger partial charge in [-0.1, -0.05) is 21.6 Å². The average Bonchev–Trinajstić information content (AvgIpc) is 2.37. The van der Waals surface area contributed by atoms with Gasteiger partial charge in [-0.2, -0.15) is 0 Å². The first-order valence-corrected chi connectivity index (χ1v) is 8.83. The molecule has 1 N–H and O–H groups in total. The number of hydrogen-bond acceptors (Lipinski definition) is 7. The fourth-order valence-corrected chi connectivity index (χ4v) is 3.31. The molecule has 0 bridgehead atoms. The number of rotatable bonds is 10. The second kappa shape index (κ2) is 11.9. The van der Waals surface area contributed by atoms with Crippen LogP contribution in [0.1, 0.15) is 27.2 Å².